The Morgan fingerprint density at radius 2 is 1.93 bits per heavy atom. The molecule has 0 heterocycles. The molecule has 0 aliphatic rings. The van der Waals surface area contributed by atoms with E-state index < -0.39 is 0 Å². The second kappa shape index (κ2) is 4.35. The van der Waals surface area contributed by atoms with Crippen molar-refractivity contribution in [2.75, 3.05) is 7.11 Å². The SMILES string of the molecule is COc1ccc(C(=O)C(C)(C)C)c(Br)c1. The molecule has 82 valence electrons. The zero-order valence-electron chi connectivity index (χ0n) is 9.43. The highest BCUT2D eigenvalue weighted by Crippen LogP contribution is 2.28. The van der Waals surface area contributed by atoms with Gasteiger partial charge in [0.1, 0.15) is 5.75 Å². The predicted molar refractivity (Wildman–Crippen MR) is 64.5 cm³/mol. The third kappa shape index (κ3) is 2.81. The maximum absolute atomic E-state index is 12.0. The monoisotopic (exact) mass is 270 g/mol. The Morgan fingerprint density at radius 3 is 2.33 bits per heavy atom. The molecule has 0 bridgehead atoms. The average Bonchev–Trinajstić information content (AvgIpc) is 2.15. The summed E-state index contributed by atoms with van der Waals surface area (Å²) in [5.41, 5.74) is 0.334. The lowest BCUT2D eigenvalue weighted by Gasteiger charge is -2.17. The van der Waals surface area contributed by atoms with Crippen molar-refractivity contribution in [1.82, 2.24) is 0 Å². The lowest BCUT2D eigenvalue weighted by atomic mass is 9.86. The summed E-state index contributed by atoms with van der Waals surface area (Å²) >= 11 is 3.38. The van der Waals surface area contributed by atoms with E-state index in [9.17, 15) is 4.79 Å². The summed E-state index contributed by atoms with van der Waals surface area (Å²) < 4.78 is 5.85. The maximum Gasteiger partial charge on any atom is 0.169 e. The maximum atomic E-state index is 12.0. The standard InChI is InChI=1S/C12H15BrO2/c1-12(2,3)11(14)9-6-5-8(15-4)7-10(9)13/h5-7H,1-4H3. The van der Waals surface area contributed by atoms with E-state index in [0.29, 0.717) is 5.56 Å². The first-order chi connectivity index (χ1) is 6.86. The van der Waals surface area contributed by atoms with Gasteiger partial charge in [0.15, 0.2) is 5.78 Å². The number of carbonyl (C=O) groups is 1. The molecule has 0 aliphatic carbocycles. The summed E-state index contributed by atoms with van der Waals surface area (Å²) in [6, 6.07) is 5.39. The molecule has 0 radical (unpaired) electrons. The van der Waals surface area contributed by atoms with Crippen LogP contribution >= 0.6 is 15.9 Å². The number of halogens is 1. The van der Waals surface area contributed by atoms with E-state index in [1.54, 1.807) is 25.3 Å². The van der Waals surface area contributed by atoms with Crippen molar-refractivity contribution >= 4 is 21.7 Å². The van der Waals surface area contributed by atoms with Crippen LogP contribution in [0.2, 0.25) is 0 Å². The minimum atomic E-state index is -0.364. The first-order valence-corrected chi connectivity index (χ1v) is 5.54. The summed E-state index contributed by atoms with van der Waals surface area (Å²) in [6.07, 6.45) is 0. The van der Waals surface area contributed by atoms with Crippen LogP contribution in [0.3, 0.4) is 0 Å². The fourth-order valence-electron chi connectivity index (χ4n) is 1.21. The molecule has 3 heteroatoms. The number of hydrogen-bond donors (Lipinski definition) is 0. The van der Waals surface area contributed by atoms with Crippen molar-refractivity contribution in [3.63, 3.8) is 0 Å². The van der Waals surface area contributed by atoms with Crippen LogP contribution in [0.1, 0.15) is 31.1 Å². The highest BCUT2D eigenvalue weighted by atomic mass is 79.9. The molecule has 0 saturated carbocycles. The number of carbonyl (C=O) groups excluding carboxylic acids is 1. The smallest absolute Gasteiger partial charge is 0.169 e. The average molecular weight is 271 g/mol. The van der Waals surface area contributed by atoms with E-state index in [-0.39, 0.29) is 11.2 Å². The Morgan fingerprint density at radius 1 is 1.33 bits per heavy atom. The lowest BCUT2D eigenvalue weighted by Crippen LogP contribution is -2.20. The molecular weight excluding hydrogens is 256 g/mol. The highest BCUT2D eigenvalue weighted by molar-refractivity contribution is 9.10. The highest BCUT2D eigenvalue weighted by Gasteiger charge is 2.24. The molecule has 15 heavy (non-hydrogen) atoms. The molecule has 0 aromatic heterocycles. The van der Waals surface area contributed by atoms with Crippen LogP contribution in [0, 0.1) is 5.41 Å². The van der Waals surface area contributed by atoms with Crippen LogP contribution < -0.4 is 4.74 Å². The minimum Gasteiger partial charge on any atom is -0.497 e. The molecule has 0 amide bonds. The third-order valence-electron chi connectivity index (χ3n) is 2.10. The van der Waals surface area contributed by atoms with E-state index >= 15 is 0 Å². The van der Waals surface area contributed by atoms with Crippen LogP contribution in [-0.2, 0) is 0 Å². The molecule has 0 fully saturated rings. The largest absolute Gasteiger partial charge is 0.497 e. The van der Waals surface area contributed by atoms with Crippen molar-refractivity contribution in [3.8, 4) is 5.75 Å². The predicted octanol–water partition coefficient (Wildman–Crippen LogP) is 3.69. The Labute approximate surface area is 98.8 Å². The molecule has 1 aromatic rings. The molecule has 2 nitrogen and oxygen atoms in total. The zero-order chi connectivity index (χ0) is 11.6. The minimum absolute atomic E-state index is 0.122. The van der Waals surface area contributed by atoms with Crippen molar-refractivity contribution in [2.24, 2.45) is 5.41 Å². The molecule has 0 aliphatic heterocycles. The van der Waals surface area contributed by atoms with Crippen molar-refractivity contribution in [1.29, 1.82) is 0 Å². The summed E-state index contributed by atoms with van der Waals surface area (Å²) in [5, 5.41) is 0. The molecule has 0 unspecified atom stereocenters. The van der Waals surface area contributed by atoms with Gasteiger partial charge in [0.05, 0.1) is 7.11 Å². The summed E-state index contributed by atoms with van der Waals surface area (Å²) in [4.78, 5) is 12.0. The van der Waals surface area contributed by atoms with Crippen molar-refractivity contribution in [3.05, 3.63) is 28.2 Å². The van der Waals surface area contributed by atoms with Crippen LogP contribution in [-0.4, -0.2) is 12.9 Å². The molecule has 1 rings (SSSR count). The van der Waals surface area contributed by atoms with Crippen LogP contribution in [0.25, 0.3) is 0 Å². The Hall–Kier alpha value is -0.830. The Balaban J connectivity index is 3.12. The van der Waals surface area contributed by atoms with Crippen LogP contribution in [0.4, 0.5) is 0 Å². The number of ketones is 1. The van der Waals surface area contributed by atoms with Gasteiger partial charge in [-0.15, -0.1) is 0 Å². The Kier molecular flexibility index (Phi) is 3.55. The van der Waals surface area contributed by atoms with Crippen molar-refractivity contribution < 1.29 is 9.53 Å². The summed E-state index contributed by atoms with van der Waals surface area (Å²) in [7, 11) is 1.60. The number of ether oxygens (including phenoxy) is 1. The number of benzene rings is 1. The van der Waals surface area contributed by atoms with E-state index in [0.717, 1.165) is 10.2 Å². The Bertz CT molecular complexity index is 378. The van der Waals surface area contributed by atoms with Crippen LogP contribution in [0.15, 0.2) is 22.7 Å². The lowest BCUT2D eigenvalue weighted by molar-refractivity contribution is 0.0857. The first-order valence-electron chi connectivity index (χ1n) is 4.74. The van der Waals surface area contributed by atoms with Crippen molar-refractivity contribution in [2.45, 2.75) is 20.8 Å². The molecule has 1 aromatic carbocycles. The fourth-order valence-corrected chi connectivity index (χ4v) is 1.75. The fraction of sp³-hybridized carbons (Fsp3) is 0.417. The van der Waals surface area contributed by atoms with Gasteiger partial charge in [-0.3, -0.25) is 4.79 Å². The van der Waals surface area contributed by atoms with Gasteiger partial charge in [0.25, 0.3) is 0 Å². The second-order valence-electron chi connectivity index (χ2n) is 4.42. The molecule has 0 saturated heterocycles. The summed E-state index contributed by atoms with van der Waals surface area (Å²) in [5.74, 6) is 0.865. The first kappa shape index (κ1) is 12.2. The van der Waals surface area contributed by atoms with E-state index in [2.05, 4.69) is 15.9 Å². The third-order valence-corrected chi connectivity index (χ3v) is 2.76. The van der Waals surface area contributed by atoms with Gasteiger partial charge in [-0.2, -0.15) is 0 Å². The number of hydrogen-bond acceptors (Lipinski definition) is 2. The van der Waals surface area contributed by atoms with E-state index in [1.807, 2.05) is 20.8 Å². The molecule has 0 atom stereocenters. The normalized spacial score (nSPS) is 11.3. The van der Waals surface area contributed by atoms with Crippen LogP contribution in [0.5, 0.6) is 5.75 Å². The van der Waals surface area contributed by atoms with Gasteiger partial charge < -0.3 is 4.74 Å². The molecule has 0 N–H and O–H groups in total. The quantitative estimate of drug-likeness (QED) is 0.767. The van der Waals surface area contributed by atoms with E-state index in [1.165, 1.54) is 0 Å². The second-order valence-corrected chi connectivity index (χ2v) is 5.28. The summed E-state index contributed by atoms with van der Waals surface area (Å²) in [6.45, 7) is 5.73. The number of rotatable bonds is 2. The van der Waals surface area contributed by atoms with Gasteiger partial charge in [0.2, 0.25) is 0 Å². The zero-order valence-corrected chi connectivity index (χ0v) is 11.0. The topological polar surface area (TPSA) is 26.3 Å². The molecular formula is C12H15BrO2. The van der Waals surface area contributed by atoms with Gasteiger partial charge in [0, 0.05) is 15.5 Å². The van der Waals surface area contributed by atoms with E-state index in [4.69, 9.17) is 4.74 Å². The molecule has 0 spiro atoms. The number of Topliss-reactive ketones (excluding diaryl/α,β-unsaturated/α-hetero) is 1. The van der Waals surface area contributed by atoms with Gasteiger partial charge in [-0.1, -0.05) is 20.8 Å². The van der Waals surface area contributed by atoms with Gasteiger partial charge in [-0.25, -0.2) is 0 Å². The van der Waals surface area contributed by atoms with Gasteiger partial charge >= 0.3 is 0 Å². The number of methoxy groups -OCH3 is 1. The van der Waals surface area contributed by atoms with Gasteiger partial charge in [-0.05, 0) is 34.1 Å².